The molecule has 0 fully saturated rings. The van der Waals surface area contributed by atoms with Gasteiger partial charge in [0.25, 0.3) is 0 Å². The Morgan fingerprint density at radius 2 is 1.59 bits per heavy atom. The van der Waals surface area contributed by atoms with Gasteiger partial charge in [0.15, 0.2) is 0 Å². The van der Waals surface area contributed by atoms with E-state index in [9.17, 15) is 0 Å². The first-order chi connectivity index (χ1) is 8.31. The van der Waals surface area contributed by atoms with Gasteiger partial charge in [-0.2, -0.15) is 9.97 Å². The van der Waals surface area contributed by atoms with Gasteiger partial charge >= 0.3 is 6.01 Å². The quantitative estimate of drug-likeness (QED) is 0.809. The molecule has 1 aromatic carbocycles. The molecule has 0 N–H and O–H groups in total. The Labute approximate surface area is 99.0 Å². The fourth-order valence-corrected chi connectivity index (χ4v) is 1.24. The van der Waals surface area contributed by atoms with E-state index in [1.165, 1.54) is 14.2 Å². The van der Waals surface area contributed by atoms with Crippen molar-refractivity contribution in [1.29, 1.82) is 0 Å². The minimum absolute atomic E-state index is 0.204. The van der Waals surface area contributed by atoms with E-state index in [0.717, 1.165) is 0 Å². The van der Waals surface area contributed by atoms with Gasteiger partial charge in [0.2, 0.25) is 11.8 Å². The van der Waals surface area contributed by atoms with Crippen LogP contribution in [0.4, 0.5) is 0 Å². The summed E-state index contributed by atoms with van der Waals surface area (Å²) >= 11 is 0. The molecule has 5 nitrogen and oxygen atoms in total. The number of hydrogen-bond acceptors (Lipinski definition) is 5. The molecular formula is C12H12N2O3. The molecule has 0 aliphatic heterocycles. The summed E-state index contributed by atoms with van der Waals surface area (Å²) in [6.07, 6.45) is 0. The first-order valence-corrected chi connectivity index (χ1v) is 5.02. The van der Waals surface area contributed by atoms with E-state index >= 15 is 0 Å². The van der Waals surface area contributed by atoms with Gasteiger partial charge in [-0.1, -0.05) is 18.2 Å². The van der Waals surface area contributed by atoms with Gasteiger partial charge in [0.1, 0.15) is 5.75 Å². The first-order valence-electron chi connectivity index (χ1n) is 5.02. The van der Waals surface area contributed by atoms with E-state index in [-0.39, 0.29) is 6.01 Å². The van der Waals surface area contributed by atoms with Gasteiger partial charge in [-0.3, -0.25) is 0 Å². The lowest BCUT2D eigenvalue weighted by Crippen LogP contribution is -1.97. The fourth-order valence-electron chi connectivity index (χ4n) is 1.24. The summed E-state index contributed by atoms with van der Waals surface area (Å²) in [5, 5.41) is 0. The van der Waals surface area contributed by atoms with Gasteiger partial charge in [-0.05, 0) is 12.1 Å². The molecule has 0 unspecified atom stereocenters. The molecule has 2 rings (SSSR count). The summed E-state index contributed by atoms with van der Waals surface area (Å²) in [6.45, 7) is 0. The van der Waals surface area contributed by atoms with E-state index in [2.05, 4.69) is 9.97 Å². The van der Waals surface area contributed by atoms with Crippen molar-refractivity contribution in [2.45, 2.75) is 0 Å². The number of aromatic nitrogens is 2. The van der Waals surface area contributed by atoms with Crippen LogP contribution in [0.3, 0.4) is 0 Å². The lowest BCUT2D eigenvalue weighted by Gasteiger charge is -2.07. The maximum Gasteiger partial charge on any atom is 0.322 e. The van der Waals surface area contributed by atoms with E-state index in [4.69, 9.17) is 14.2 Å². The second-order valence-corrected chi connectivity index (χ2v) is 3.15. The zero-order valence-electron chi connectivity index (χ0n) is 9.58. The molecule has 1 heterocycles. The van der Waals surface area contributed by atoms with E-state index < -0.39 is 0 Å². The standard InChI is InChI=1S/C12H12N2O3/c1-15-10-8-11(14-12(13-10)16-2)17-9-6-4-3-5-7-9/h3-8H,1-2H3. The van der Waals surface area contributed by atoms with E-state index in [1.807, 2.05) is 30.3 Å². The largest absolute Gasteiger partial charge is 0.481 e. The molecule has 1 aromatic heterocycles. The Hall–Kier alpha value is -2.30. The zero-order chi connectivity index (χ0) is 12.1. The van der Waals surface area contributed by atoms with Crippen molar-refractivity contribution in [2.75, 3.05) is 14.2 Å². The molecule has 0 bridgehead atoms. The topological polar surface area (TPSA) is 53.5 Å². The molecule has 0 aliphatic carbocycles. The van der Waals surface area contributed by atoms with Crippen molar-refractivity contribution < 1.29 is 14.2 Å². The summed E-state index contributed by atoms with van der Waals surface area (Å²) in [4.78, 5) is 8.04. The van der Waals surface area contributed by atoms with Gasteiger partial charge < -0.3 is 14.2 Å². The van der Waals surface area contributed by atoms with Crippen LogP contribution in [0.5, 0.6) is 23.5 Å². The van der Waals surface area contributed by atoms with Crippen molar-refractivity contribution >= 4 is 0 Å². The van der Waals surface area contributed by atoms with E-state index in [0.29, 0.717) is 17.5 Å². The van der Waals surface area contributed by atoms with Crippen molar-refractivity contribution in [3.05, 3.63) is 36.4 Å². The molecule has 0 spiro atoms. The molecule has 5 heteroatoms. The average molecular weight is 232 g/mol. The van der Waals surface area contributed by atoms with Gasteiger partial charge in [0.05, 0.1) is 20.3 Å². The molecule has 88 valence electrons. The Kier molecular flexibility index (Phi) is 3.40. The summed E-state index contributed by atoms with van der Waals surface area (Å²) in [6, 6.07) is 11.1. The number of hydrogen-bond donors (Lipinski definition) is 0. The summed E-state index contributed by atoms with van der Waals surface area (Å²) in [7, 11) is 3.01. The molecular weight excluding hydrogens is 220 g/mol. The summed E-state index contributed by atoms with van der Waals surface area (Å²) in [5.74, 6) is 1.46. The van der Waals surface area contributed by atoms with Crippen molar-refractivity contribution in [1.82, 2.24) is 9.97 Å². The van der Waals surface area contributed by atoms with Crippen LogP contribution in [0, 0.1) is 0 Å². The number of nitrogens with zero attached hydrogens (tertiary/aromatic N) is 2. The van der Waals surface area contributed by atoms with E-state index in [1.54, 1.807) is 6.07 Å². The highest BCUT2D eigenvalue weighted by molar-refractivity contribution is 5.29. The Morgan fingerprint density at radius 1 is 0.882 bits per heavy atom. The van der Waals surface area contributed by atoms with Crippen molar-refractivity contribution in [3.63, 3.8) is 0 Å². The highest BCUT2D eigenvalue weighted by atomic mass is 16.5. The summed E-state index contributed by atoms with van der Waals surface area (Å²) < 4.78 is 15.5. The second-order valence-electron chi connectivity index (χ2n) is 3.15. The van der Waals surface area contributed by atoms with Crippen LogP contribution in [-0.2, 0) is 0 Å². The monoisotopic (exact) mass is 232 g/mol. The predicted molar refractivity (Wildman–Crippen MR) is 61.7 cm³/mol. The Balaban J connectivity index is 2.26. The molecule has 2 aromatic rings. The lowest BCUT2D eigenvalue weighted by molar-refractivity contribution is 0.339. The molecule has 17 heavy (non-hydrogen) atoms. The van der Waals surface area contributed by atoms with Crippen LogP contribution in [-0.4, -0.2) is 24.2 Å². The van der Waals surface area contributed by atoms with Crippen LogP contribution in [0.25, 0.3) is 0 Å². The highest BCUT2D eigenvalue weighted by Crippen LogP contribution is 2.23. The predicted octanol–water partition coefficient (Wildman–Crippen LogP) is 2.29. The molecule has 0 saturated heterocycles. The Bertz CT molecular complexity index is 466. The fraction of sp³-hybridized carbons (Fsp3) is 0.167. The lowest BCUT2D eigenvalue weighted by atomic mass is 10.3. The van der Waals surface area contributed by atoms with Crippen LogP contribution < -0.4 is 14.2 Å². The van der Waals surface area contributed by atoms with Crippen LogP contribution in [0.1, 0.15) is 0 Å². The van der Waals surface area contributed by atoms with Crippen molar-refractivity contribution in [3.8, 4) is 23.5 Å². The third kappa shape index (κ3) is 2.84. The number of ether oxygens (including phenoxy) is 3. The average Bonchev–Trinajstić information content (AvgIpc) is 2.39. The second kappa shape index (κ2) is 5.16. The maximum atomic E-state index is 5.55. The SMILES string of the molecule is COc1cc(Oc2ccccc2)nc(OC)n1. The minimum atomic E-state index is 0.204. The van der Waals surface area contributed by atoms with Crippen LogP contribution in [0.2, 0.25) is 0 Å². The third-order valence-corrected chi connectivity index (χ3v) is 2.02. The minimum Gasteiger partial charge on any atom is -0.481 e. The van der Waals surface area contributed by atoms with Gasteiger partial charge in [-0.25, -0.2) is 0 Å². The van der Waals surface area contributed by atoms with Gasteiger partial charge in [-0.15, -0.1) is 0 Å². The number of para-hydroxylation sites is 1. The van der Waals surface area contributed by atoms with Crippen LogP contribution in [0.15, 0.2) is 36.4 Å². The first kappa shape index (κ1) is 11.2. The van der Waals surface area contributed by atoms with Crippen molar-refractivity contribution in [2.24, 2.45) is 0 Å². The normalized spacial score (nSPS) is 9.76. The molecule has 0 amide bonds. The highest BCUT2D eigenvalue weighted by Gasteiger charge is 2.06. The Morgan fingerprint density at radius 3 is 2.24 bits per heavy atom. The molecule has 0 aliphatic rings. The zero-order valence-corrected chi connectivity index (χ0v) is 9.58. The third-order valence-electron chi connectivity index (χ3n) is 2.02. The molecule has 0 saturated carbocycles. The number of methoxy groups -OCH3 is 2. The summed E-state index contributed by atoms with van der Waals surface area (Å²) in [5.41, 5.74) is 0. The smallest absolute Gasteiger partial charge is 0.322 e. The molecule has 0 radical (unpaired) electrons. The maximum absolute atomic E-state index is 5.55. The van der Waals surface area contributed by atoms with Gasteiger partial charge in [0, 0.05) is 0 Å². The number of benzene rings is 1. The molecule has 0 atom stereocenters. The number of rotatable bonds is 4. The van der Waals surface area contributed by atoms with Crippen LogP contribution >= 0.6 is 0 Å².